The van der Waals surface area contributed by atoms with Gasteiger partial charge in [-0.1, -0.05) is 24.3 Å². The van der Waals surface area contributed by atoms with Gasteiger partial charge in [-0.05, 0) is 37.8 Å². The van der Waals surface area contributed by atoms with E-state index in [0.29, 0.717) is 12.2 Å². The van der Waals surface area contributed by atoms with Gasteiger partial charge in [-0.15, -0.1) is 0 Å². The van der Waals surface area contributed by atoms with Gasteiger partial charge in [0, 0.05) is 17.6 Å². The zero-order valence-corrected chi connectivity index (χ0v) is 11.1. The number of rotatable bonds is 5. The molecule has 0 aliphatic carbocycles. The van der Waals surface area contributed by atoms with Crippen LogP contribution in [0.2, 0.25) is 0 Å². The lowest BCUT2D eigenvalue weighted by molar-refractivity contribution is 0.0935. The Kier molecular flexibility index (Phi) is 4.47. The average molecular weight is 257 g/mol. The van der Waals surface area contributed by atoms with Crippen molar-refractivity contribution in [3.63, 3.8) is 0 Å². The van der Waals surface area contributed by atoms with Gasteiger partial charge in [0.2, 0.25) is 0 Å². The van der Waals surface area contributed by atoms with E-state index in [9.17, 15) is 4.79 Å². The van der Waals surface area contributed by atoms with Crippen molar-refractivity contribution >= 4 is 16.7 Å². The summed E-state index contributed by atoms with van der Waals surface area (Å²) in [6.45, 7) is 2.63. The highest BCUT2D eigenvalue weighted by molar-refractivity contribution is 6.05. The molecule has 1 amide bonds. The maximum absolute atomic E-state index is 12.2. The summed E-state index contributed by atoms with van der Waals surface area (Å²) in [6.07, 6.45) is 3.46. The molecule has 2 rings (SSSR count). The number of nitrogens with zero attached hydrogens (tertiary/aromatic N) is 1. The normalized spacial score (nSPS) is 12.3. The summed E-state index contributed by atoms with van der Waals surface area (Å²) in [7, 11) is 0. The van der Waals surface area contributed by atoms with Crippen LogP contribution in [0.5, 0.6) is 0 Å². The third-order valence-electron chi connectivity index (χ3n) is 3.11. The topological polar surface area (TPSA) is 68.0 Å². The number of carbonyl (C=O) groups is 1. The second-order valence-corrected chi connectivity index (χ2v) is 4.69. The molecular formula is C15H19N3O. The number of nitrogens with two attached hydrogens (primary N) is 1. The molecule has 0 saturated heterocycles. The van der Waals surface area contributed by atoms with Crippen molar-refractivity contribution in [1.29, 1.82) is 0 Å². The molecule has 1 heterocycles. The minimum absolute atomic E-state index is 0.108. The lowest BCUT2D eigenvalue weighted by atomic mass is 10.1. The molecule has 0 fully saturated rings. The van der Waals surface area contributed by atoms with E-state index >= 15 is 0 Å². The predicted octanol–water partition coefficient (Wildman–Crippen LogP) is 2.09. The van der Waals surface area contributed by atoms with Crippen LogP contribution < -0.4 is 11.1 Å². The Morgan fingerprint density at radius 1 is 1.37 bits per heavy atom. The van der Waals surface area contributed by atoms with Crippen molar-refractivity contribution in [2.75, 3.05) is 6.54 Å². The number of aromatic nitrogens is 1. The molecule has 100 valence electrons. The fraction of sp³-hybridized carbons (Fsp3) is 0.333. The van der Waals surface area contributed by atoms with Gasteiger partial charge in [-0.3, -0.25) is 9.78 Å². The molecule has 0 aliphatic rings. The Morgan fingerprint density at radius 2 is 2.16 bits per heavy atom. The number of pyridine rings is 1. The maximum Gasteiger partial charge on any atom is 0.270 e. The second-order valence-electron chi connectivity index (χ2n) is 4.69. The summed E-state index contributed by atoms with van der Waals surface area (Å²) in [5.74, 6) is -0.124. The first-order valence-corrected chi connectivity index (χ1v) is 6.57. The van der Waals surface area contributed by atoms with Crippen LogP contribution in [0, 0.1) is 0 Å². The fourth-order valence-corrected chi connectivity index (χ4v) is 2.09. The zero-order valence-electron chi connectivity index (χ0n) is 11.1. The van der Waals surface area contributed by atoms with Crippen LogP contribution in [0.15, 0.2) is 36.5 Å². The molecule has 3 N–H and O–H groups in total. The molecule has 1 aromatic heterocycles. The average Bonchev–Trinajstić information content (AvgIpc) is 2.44. The predicted molar refractivity (Wildman–Crippen MR) is 77.0 cm³/mol. The maximum atomic E-state index is 12.2. The summed E-state index contributed by atoms with van der Waals surface area (Å²) in [4.78, 5) is 16.4. The van der Waals surface area contributed by atoms with Crippen molar-refractivity contribution in [3.8, 4) is 0 Å². The molecule has 4 nitrogen and oxygen atoms in total. The largest absolute Gasteiger partial charge is 0.348 e. The van der Waals surface area contributed by atoms with Gasteiger partial charge in [0.15, 0.2) is 0 Å². The highest BCUT2D eigenvalue weighted by atomic mass is 16.1. The number of hydrogen-bond donors (Lipinski definition) is 2. The molecule has 0 radical (unpaired) electrons. The number of carbonyl (C=O) groups excluding carboxylic acids is 1. The molecule has 1 atom stereocenters. The molecule has 2 aromatic rings. The van der Waals surface area contributed by atoms with Crippen LogP contribution in [0.25, 0.3) is 10.8 Å². The number of fused-ring (bicyclic) bond motifs is 1. The first-order valence-electron chi connectivity index (χ1n) is 6.57. The number of hydrogen-bond acceptors (Lipinski definition) is 3. The molecule has 1 unspecified atom stereocenters. The minimum Gasteiger partial charge on any atom is -0.348 e. The van der Waals surface area contributed by atoms with Gasteiger partial charge in [-0.2, -0.15) is 0 Å². The SMILES string of the molecule is CC(CCCN)NC(=O)c1nccc2ccccc12. The van der Waals surface area contributed by atoms with Gasteiger partial charge in [0.1, 0.15) is 5.69 Å². The van der Waals surface area contributed by atoms with Crippen LogP contribution in [-0.4, -0.2) is 23.5 Å². The van der Waals surface area contributed by atoms with Gasteiger partial charge >= 0.3 is 0 Å². The van der Waals surface area contributed by atoms with E-state index in [2.05, 4.69) is 10.3 Å². The van der Waals surface area contributed by atoms with Crippen molar-refractivity contribution < 1.29 is 4.79 Å². The molecule has 0 saturated carbocycles. The fourth-order valence-electron chi connectivity index (χ4n) is 2.09. The van der Waals surface area contributed by atoms with E-state index in [1.807, 2.05) is 37.3 Å². The number of nitrogens with one attached hydrogen (secondary N) is 1. The first-order chi connectivity index (χ1) is 9.22. The summed E-state index contributed by atoms with van der Waals surface area (Å²) in [5.41, 5.74) is 5.95. The van der Waals surface area contributed by atoms with Crippen LogP contribution in [0.3, 0.4) is 0 Å². The molecule has 0 aliphatic heterocycles. The second kappa shape index (κ2) is 6.29. The molecule has 19 heavy (non-hydrogen) atoms. The lowest BCUT2D eigenvalue weighted by Crippen LogP contribution is -2.33. The van der Waals surface area contributed by atoms with Gasteiger partial charge in [-0.25, -0.2) is 0 Å². The van der Waals surface area contributed by atoms with Crippen LogP contribution in [0.1, 0.15) is 30.3 Å². The quantitative estimate of drug-likeness (QED) is 0.861. The summed E-state index contributed by atoms with van der Waals surface area (Å²) < 4.78 is 0. The zero-order chi connectivity index (χ0) is 13.7. The van der Waals surface area contributed by atoms with E-state index < -0.39 is 0 Å². The van der Waals surface area contributed by atoms with E-state index in [1.165, 1.54) is 0 Å². The first kappa shape index (κ1) is 13.5. The van der Waals surface area contributed by atoms with E-state index in [4.69, 9.17) is 5.73 Å². The minimum atomic E-state index is -0.124. The molecule has 4 heteroatoms. The van der Waals surface area contributed by atoms with Crippen molar-refractivity contribution in [1.82, 2.24) is 10.3 Å². The van der Waals surface area contributed by atoms with Gasteiger partial charge in [0.25, 0.3) is 5.91 Å². The Balaban J connectivity index is 2.17. The Hall–Kier alpha value is -1.94. The van der Waals surface area contributed by atoms with Crippen LogP contribution in [0.4, 0.5) is 0 Å². The monoisotopic (exact) mass is 257 g/mol. The van der Waals surface area contributed by atoms with Crippen LogP contribution in [-0.2, 0) is 0 Å². The summed E-state index contributed by atoms with van der Waals surface area (Å²) >= 11 is 0. The van der Waals surface area contributed by atoms with E-state index in [-0.39, 0.29) is 11.9 Å². The van der Waals surface area contributed by atoms with Crippen molar-refractivity contribution in [2.45, 2.75) is 25.8 Å². The lowest BCUT2D eigenvalue weighted by Gasteiger charge is -2.13. The third-order valence-corrected chi connectivity index (χ3v) is 3.11. The molecule has 0 spiro atoms. The van der Waals surface area contributed by atoms with E-state index in [1.54, 1.807) is 6.20 Å². The Bertz CT molecular complexity index is 563. The highest BCUT2D eigenvalue weighted by Gasteiger charge is 2.13. The van der Waals surface area contributed by atoms with Crippen molar-refractivity contribution in [3.05, 3.63) is 42.2 Å². The van der Waals surface area contributed by atoms with Crippen LogP contribution >= 0.6 is 0 Å². The molecular weight excluding hydrogens is 238 g/mol. The molecule has 0 bridgehead atoms. The summed E-state index contributed by atoms with van der Waals surface area (Å²) in [6, 6.07) is 9.78. The third kappa shape index (κ3) is 3.29. The standard InChI is InChI=1S/C15H19N3O/c1-11(5-4-9-16)18-15(19)14-13-7-3-2-6-12(13)8-10-17-14/h2-3,6-8,10-11H,4-5,9,16H2,1H3,(H,18,19). The Morgan fingerprint density at radius 3 is 2.95 bits per heavy atom. The number of benzene rings is 1. The van der Waals surface area contributed by atoms with Crippen molar-refractivity contribution in [2.24, 2.45) is 5.73 Å². The van der Waals surface area contributed by atoms with Gasteiger partial charge in [0.05, 0.1) is 0 Å². The highest BCUT2D eigenvalue weighted by Crippen LogP contribution is 2.16. The Labute approximate surface area is 113 Å². The van der Waals surface area contributed by atoms with E-state index in [0.717, 1.165) is 23.6 Å². The summed E-state index contributed by atoms with van der Waals surface area (Å²) in [5, 5.41) is 4.87. The molecule has 1 aromatic carbocycles. The van der Waals surface area contributed by atoms with Gasteiger partial charge < -0.3 is 11.1 Å². The number of amides is 1. The smallest absolute Gasteiger partial charge is 0.270 e.